The lowest BCUT2D eigenvalue weighted by Gasteiger charge is -2.04. The molecule has 0 saturated heterocycles. The first kappa shape index (κ1) is 13.1. The van der Waals surface area contributed by atoms with Crippen molar-refractivity contribution in [3.05, 3.63) is 47.0 Å². The van der Waals surface area contributed by atoms with E-state index < -0.39 is 5.97 Å². The van der Waals surface area contributed by atoms with Gasteiger partial charge in [-0.2, -0.15) is 5.26 Å². The maximum Gasteiger partial charge on any atom is 0.358 e. The highest BCUT2D eigenvalue weighted by Gasteiger charge is 2.12. The molecular weight excluding hydrogens is 266 g/mol. The number of nitriles is 1. The lowest BCUT2D eigenvalue weighted by Crippen LogP contribution is -2.04. The molecule has 19 heavy (non-hydrogen) atoms. The van der Waals surface area contributed by atoms with E-state index in [4.69, 9.17) is 21.6 Å². The van der Waals surface area contributed by atoms with Gasteiger partial charge < -0.3 is 9.30 Å². The molecule has 2 aromatic rings. The van der Waals surface area contributed by atoms with Crippen molar-refractivity contribution < 1.29 is 9.53 Å². The van der Waals surface area contributed by atoms with Crippen molar-refractivity contribution in [2.45, 2.75) is 6.92 Å². The molecule has 2 rings (SSSR count). The highest BCUT2D eigenvalue weighted by Crippen LogP contribution is 2.22. The largest absolute Gasteiger partial charge is 0.461 e. The molecule has 0 spiro atoms. The van der Waals surface area contributed by atoms with E-state index in [0.29, 0.717) is 22.9 Å². The number of halogens is 1. The zero-order valence-corrected chi connectivity index (χ0v) is 10.9. The van der Waals surface area contributed by atoms with E-state index in [2.05, 4.69) is 4.98 Å². The Morgan fingerprint density at radius 3 is 3.00 bits per heavy atom. The first-order valence-corrected chi connectivity index (χ1v) is 5.94. The van der Waals surface area contributed by atoms with Gasteiger partial charge in [-0.05, 0) is 25.1 Å². The SMILES string of the molecule is CCOC(=O)c1cn(-c2ccc(C#N)cc2Cl)cn1. The van der Waals surface area contributed by atoms with Crippen LogP contribution in [0.4, 0.5) is 0 Å². The number of ether oxygens (including phenoxy) is 1. The van der Waals surface area contributed by atoms with Crippen LogP contribution in [-0.4, -0.2) is 22.1 Å². The van der Waals surface area contributed by atoms with Crippen LogP contribution in [0.2, 0.25) is 5.02 Å². The Morgan fingerprint density at radius 1 is 1.58 bits per heavy atom. The van der Waals surface area contributed by atoms with Crippen LogP contribution in [0.25, 0.3) is 5.69 Å². The first-order chi connectivity index (χ1) is 9.15. The topological polar surface area (TPSA) is 67.9 Å². The minimum Gasteiger partial charge on any atom is -0.461 e. The molecule has 0 amide bonds. The highest BCUT2D eigenvalue weighted by atomic mass is 35.5. The van der Waals surface area contributed by atoms with Gasteiger partial charge in [-0.15, -0.1) is 0 Å². The number of hydrogen-bond donors (Lipinski definition) is 0. The van der Waals surface area contributed by atoms with Crippen LogP contribution in [0.15, 0.2) is 30.7 Å². The van der Waals surface area contributed by atoms with Gasteiger partial charge in [0.25, 0.3) is 0 Å². The number of benzene rings is 1. The Hall–Kier alpha value is -2.32. The second-order valence-corrected chi connectivity index (χ2v) is 4.07. The van der Waals surface area contributed by atoms with Crippen molar-refractivity contribution in [2.75, 3.05) is 6.61 Å². The number of carbonyl (C=O) groups excluding carboxylic acids is 1. The number of esters is 1. The summed E-state index contributed by atoms with van der Waals surface area (Å²) in [5.41, 5.74) is 1.32. The van der Waals surface area contributed by atoms with Crippen LogP contribution in [0.3, 0.4) is 0 Å². The third kappa shape index (κ3) is 2.75. The zero-order chi connectivity index (χ0) is 13.8. The summed E-state index contributed by atoms with van der Waals surface area (Å²) in [6.45, 7) is 2.02. The number of nitrogens with zero attached hydrogens (tertiary/aromatic N) is 3. The van der Waals surface area contributed by atoms with Crippen LogP contribution in [0.1, 0.15) is 23.0 Å². The highest BCUT2D eigenvalue weighted by molar-refractivity contribution is 6.32. The molecule has 0 radical (unpaired) electrons. The van der Waals surface area contributed by atoms with Crippen molar-refractivity contribution in [1.82, 2.24) is 9.55 Å². The second-order valence-electron chi connectivity index (χ2n) is 3.66. The molecule has 6 heteroatoms. The van der Waals surface area contributed by atoms with E-state index in [1.807, 2.05) is 6.07 Å². The molecule has 0 aliphatic rings. The summed E-state index contributed by atoms with van der Waals surface area (Å²) < 4.78 is 6.46. The summed E-state index contributed by atoms with van der Waals surface area (Å²) in [5, 5.41) is 9.18. The molecule has 0 bridgehead atoms. The molecule has 1 aromatic heterocycles. The van der Waals surface area contributed by atoms with Gasteiger partial charge in [-0.1, -0.05) is 11.6 Å². The van der Waals surface area contributed by atoms with Gasteiger partial charge in [0.05, 0.1) is 28.9 Å². The number of carbonyl (C=O) groups is 1. The number of aromatic nitrogens is 2. The van der Waals surface area contributed by atoms with E-state index in [-0.39, 0.29) is 5.69 Å². The summed E-state index contributed by atoms with van der Waals surface area (Å²) in [6, 6.07) is 6.90. The van der Waals surface area contributed by atoms with Crippen LogP contribution in [0.5, 0.6) is 0 Å². The van der Waals surface area contributed by atoms with Gasteiger partial charge in [0.1, 0.15) is 6.33 Å². The van der Waals surface area contributed by atoms with Crippen molar-refractivity contribution in [1.29, 1.82) is 5.26 Å². The van der Waals surface area contributed by atoms with E-state index in [9.17, 15) is 4.79 Å². The molecule has 0 N–H and O–H groups in total. The molecule has 5 nitrogen and oxygen atoms in total. The van der Waals surface area contributed by atoms with E-state index in [0.717, 1.165) is 0 Å². The molecule has 0 unspecified atom stereocenters. The molecule has 1 heterocycles. The molecule has 0 aliphatic heterocycles. The predicted molar refractivity (Wildman–Crippen MR) is 69.2 cm³/mol. The zero-order valence-electron chi connectivity index (χ0n) is 10.1. The van der Waals surface area contributed by atoms with Crippen LogP contribution in [-0.2, 0) is 4.74 Å². The molecule has 0 saturated carbocycles. The molecule has 0 aliphatic carbocycles. The lowest BCUT2D eigenvalue weighted by molar-refractivity contribution is 0.0520. The molecule has 0 atom stereocenters. The van der Waals surface area contributed by atoms with Gasteiger partial charge in [0, 0.05) is 6.20 Å². The smallest absolute Gasteiger partial charge is 0.358 e. The Labute approximate surface area is 115 Å². The monoisotopic (exact) mass is 275 g/mol. The quantitative estimate of drug-likeness (QED) is 0.808. The molecule has 1 aromatic carbocycles. The first-order valence-electron chi connectivity index (χ1n) is 5.57. The maximum atomic E-state index is 11.5. The van der Waals surface area contributed by atoms with Crippen molar-refractivity contribution in [3.8, 4) is 11.8 Å². The summed E-state index contributed by atoms with van der Waals surface area (Å²) in [7, 11) is 0. The number of imidazole rings is 1. The third-order valence-electron chi connectivity index (χ3n) is 2.42. The average molecular weight is 276 g/mol. The van der Waals surface area contributed by atoms with Crippen LogP contribution >= 0.6 is 11.6 Å². The Balaban J connectivity index is 2.33. The summed E-state index contributed by atoms with van der Waals surface area (Å²) in [4.78, 5) is 15.5. The fraction of sp³-hybridized carbons (Fsp3) is 0.154. The Bertz CT molecular complexity index is 658. The van der Waals surface area contributed by atoms with Gasteiger partial charge in [0.15, 0.2) is 5.69 Å². The standard InChI is InChI=1S/C13H10ClN3O2/c1-2-19-13(18)11-7-17(8-16-11)12-4-3-9(6-15)5-10(12)14/h3-5,7-8H,2H2,1H3. The van der Waals surface area contributed by atoms with Crippen molar-refractivity contribution in [3.63, 3.8) is 0 Å². The van der Waals surface area contributed by atoms with Gasteiger partial charge in [-0.3, -0.25) is 0 Å². The van der Waals surface area contributed by atoms with Gasteiger partial charge in [-0.25, -0.2) is 9.78 Å². The van der Waals surface area contributed by atoms with E-state index in [1.54, 1.807) is 29.7 Å². The second kappa shape index (κ2) is 5.55. The lowest BCUT2D eigenvalue weighted by atomic mass is 10.2. The van der Waals surface area contributed by atoms with Gasteiger partial charge in [0.2, 0.25) is 0 Å². The van der Waals surface area contributed by atoms with Crippen molar-refractivity contribution >= 4 is 17.6 Å². The maximum absolute atomic E-state index is 11.5. The summed E-state index contributed by atoms with van der Waals surface area (Å²) >= 11 is 6.08. The summed E-state index contributed by atoms with van der Waals surface area (Å²) in [5.74, 6) is -0.481. The number of rotatable bonds is 3. The van der Waals surface area contributed by atoms with E-state index in [1.165, 1.54) is 12.5 Å². The minimum atomic E-state index is -0.481. The average Bonchev–Trinajstić information content (AvgIpc) is 2.88. The van der Waals surface area contributed by atoms with Gasteiger partial charge >= 0.3 is 5.97 Å². The normalized spacial score (nSPS) is 9.95. The Kier molecular flexibility index (Phi) is 3.83. The predicted octanol–water partition coefficient (Wildman–Crippen LogP) is 2.57. The molecular formula is C13H10ClN3O2. The van der Waals surface area contributed by atoms with Crippen LogP contribution in [0, 0.1) is 11.3 Å². The molecule has 0 fully saturated rings. The van der Waals surface area contributed by atoms with E-state index >= 15 is 0 Å². The molecule has 96 valence electrons. The third-order valence-corrected chi connectivity index (χ3v) is 2.72. The Morgan fingerprint density at radius 2 is 2.37 bits per heavy atom. The van der Waals surface area contributed by atoms with Crippen LogP contribution < -0.4 is 0 Å². The summed E-state index contributed by atoms with van der Waals surface area (Å²) in [6.07, 6.45) is 3.00. The minimum absolute atomic E-state index is 0.210. The fourth-order valence-corrected chi connectivity index (χ4v) is 1.83. The fourth-order valence-electron chi connectivity index (χ4n) is 1.55. The number of hydrogen-bond acceptors (Lipinski definition) is 4. The van der Waals surface area contributed by atoms with Crippen molar-refractivity contribution in [2.24, 2.45) is 0 Å².